The summed E-state index contributed by atoms with van der Waals surface area (Å²) < 4.78 is 18.7. The molecular weight excluding hydrogens is 323 g/mol. The molecule has 1 aromatic carbocycles. The molecule has 0 aliphatic rings. The molecule has 0 spiro atoms. The van der Waals surface area contributed by atoms with E-state index in [2.05, 4.69) is 4.98 Å². The lowest BCUT2D eigenvalue weighted by molar-refractivity contribution is 0.604. The van der Waals surface area contributed by atoms with E-state index in [1.165, 1.54) is 15.2 Å². The molecule has 0 radical (unpaired) electrons. The molecule has 0 atom stereocenters. The van der Waals surface area contributed by atoms with Gasteiger partial charge in [-0.05, 0) is 25.5 Å². The third kappa shape index (κ3) is 2.71. The lowest BCUT2D eigenvalue weighted by Gasteiger charge is -2.08. The van der Waals surface area contributed by atoms with Gasteiger partial charge < -0.3 is 4.57 Å². The normalized spacial score (nSPS) is 12.1. The van der Waals surface area contributed by atoms with Crippen LogP contribution in [0.25, 0.3) is 23.1 Å². The quantitative estimate of drug-likeness (QED) is 0.731. The van der Waals surface area contributed by atoms with Crippen molar-refractivity contribution in [2.24, 2.45) is 7.05 Å². The molecule has 0 aliphatic heterocycles. The molecule has 6 nitrogen and oxygen atoms in total. The number of aromatic nitrogens is 4. The van der Waals surface area contributed by atoms with E-state index in [-0.39, 0.29) is 23.5 Å². The molecule has 3 rings (SSSR count). The lowest BCUT2D eigenvalue weighted by atomic mass is 10.2. The van der Waals surface area contributed by atoms with E-state index in [1.54, 1.807) is 33.0 Å². The van der Waals surface area contributed by atoms with Crippen molar-refractivity contribution in [2.75, 3.05) is 0 Å². The highest BCUT2D eigenvalue weighted by atomic mass is 19.1. The third-order valence-electron chi connectivity index (χ3n) is 4.18. The van der Waals surface area contributed by atoms with Gasteiger partial charge in [-0.25, -0.2) is 14.2 Å². The maximum atomic E-state index is 14.8. The fraction of sp³-hybridized carbons (Fsp3) is 0.278. The standard InChI is InChI=1S/C18H19FN4O2/c1-4-22-16-14(17(24)23(5-2)18(22)25)21(3)15(20-16)13(19)11-12-9-7-6-8-10-12/h6-11H,4-5H2,1-3H3/b13-11+. The highest BCUT2D eigenvalue weighted by molar-refractivity contribution is 5.80. The minimum atomic E-state index is -0.567. The number of halogens is 1. The van der Waals surface area contributed by atoms with Gasteiger partial charge in [0, 0.05) is 20.1 Å². The van der Waals surface area contributed by atoms with Gasteiger partial charge in [0.1, 0.15) is 0 Å². The van der Waals surface area contributed by atoms with E-state index >= 15 is 0 Å². The Bertz CT molecular complexity index is 1070. The monoisotopic (exact) mass is 342 g/mol. The van der Waals surface area contributed by atoms with Crippen LogP contribution in [0, 0.1) is 0 Å². The van der Waals surface area contributed by atoms with Crippen LogP contribution in [0.3, 0.4) is 0 Å². The first-order valence-corrected chi connectivity index (χ1v) is 8.12. The topological polar surface area (TPSA) is 61.8 Å². The molecule has 0 aliphatic carbocycles. The molecule has 3 aromatic rings. The van der Waals surface area contributed by atoms with Gasteiger partial charge in [0.25, 0.3) is 5.56 Å². The number of aryl methyl sites for hydroxylation is 2. The van der Waals surface area contributed by atoms with Crippen molar-refractivity contribution >= 4 is 23.1 Å². The van der Waals surface area contributed by atoms with Crippen LogP contribution in [0.2, 0.25) is 0 Å². The van der Waals surface area contributed by atoms with Crippen LogP contribution in [0.5, 0.6) is 0 Å². The average Bonchev–Trinajstić information content (AvgIpc) is 2.94. The van der Waals surface area contributed by atoms with E-state index in [0.29, 0.717) is 12.1 Å². The van der Waals surface area contributed by atoms with Crippen molar-refractivity contribution in [1.82, 2.24) is 18.7 Å². The smallest absolute Gasteiger partial charge is 0.319 e. The van der Waals surface area contributed by atoms with Crippen LogP contribution >= 0.6 is 0 Å². The number of hydrogen-bond donors (Lipinski definition) is 0. The van der Waals surface area contributed by atoms with Gasteiger partial charge in [-0.3, -0.25) is 13.9 Å². The van der Waals surface area contributed by atoms with E-state index in [0.717, 1.165) is 4.57 Å². The van der Waals surface area contributed by atoms with E-state index in [9.17, 15) is 14.0 Å². The summed E-state index contributed by atoms with van der Waals surface area (Å²) in [5.41, 5.74) is 0.220. The second kappa shape index (κ2) is 6.51. The first kappa shape index (κ1) is 16.9. The van der Waals surface area contributed by atoms with Crippen LogP contribution in [0.15, 0.2) is 39.9 Å². The van der Waals surface area contributed by atoms with Crippen molar-refractivity contribution < 1.29 is 4.39 Å². The summed E-state index contributed by atoms with van der Waals surface area (Å²) in [6.07, 6.45) is 1.36. The minimum Gasteiger partial charge on any atom is -0.319 e. The predicted octanol–water partition coefficient (Wildman–Crippen LogP) is 2.40. The molecule has 25 heavy (non-hydrogen) atoms. The second-order valence-electron chi connectivity index (χ2n) is 5.65. The zero-order valence-corrected chi connectivity index (χ0v) is 14.4. The SMILES string of the molecule is CCn1c(=O)c2c(nc(/C(F)=C\c3ccccc3)n2C)n(CC)c1=O. The Morgan fingerprint density at radius 1 is 1.12 bits per heavy atom. The Kier molecular flexibility index (Phi) is 4.39. The zero-order valence-electron chi connectivity index (χ0n) is 14.4. The van der Waals surface area contributed by atoms with Gasteiger partial charge in [0.2, 0.25) is 0 Å². The van der Waals surface area contributed by atoms with Crippen LogP contribution in [0.4, 0.5) is 4.39 Å². The number of rotatable bonds is 4. The Balaban J connectivity index is 2.31. The van der Waals surface area contributed by atoms with Crippen LogP contribution in [-0.4, -0.2) is 18.7 Å². The van der Waals surface area contributed by atoms with Crippen molar-refractivity contribution in [3.63, 3.8) is 0 Å². The van der Waals surface area contributed by atoms with Crippen molar-refractivity contribution in [2.45, 2.75) is 26.9 Å². The molecule has 0 unspecified atom stereocenters. The van der Waals surface area contributed by atoms with Gasteiger partial charge in [-0.15, -0.1) is 0 Å². The Labute approximate surface area is 143 Å². The number of fused-ring (bicyclic) bond motifs is 1. The summed E-state index contributed by atoms with van der Waals surface area (Å²) in [4.78, 5) is 29.3. The van der Waals surface area contributed by atoms with Crippen LogP contribution in [0.1, 0.15) is 25.2 Å². The number of nitrogens with zero attached hydrogens (tertiary/aromatic N) is 4. The fourth-order valence-corrected chi connectivity index (χ4v) is 2.90. The number of hydrogen-bond acceptors (Lipinski definition) is 3. The first-order chi connectivity index (χ1) is 12.0. The highest BCUT2D eigenvalue weighted by Crippen LogP contribution is 2.21. The maximum absolute atomic E-state index is 14.8. The van der Waals surface area contributed by atoms with Gasteiger partial charge in [0.15, 0.2) is 22.8 Å². The molecule has 0 amide bonds. The molecule has 2 heterocycles. The molecule has 0 N–H and O–H groups in total. The second-order valence-corrected chi connectivity index (χ2v) is 5.65. The van der Waals surface area contributed by atoms with Crippen molar-refractivity contribution in [1.29, 1.82) is 0 Å². The van der Waals surface area contributed by atoms with Crippen molar-refractivity contribution in [3.8, 4) is 0 Å². The molecule has 7 heteroatoms. The first-order valence-electron chi connectivity index (χ1n) is 8.12. The number of imidazole rings is 1. The average molecular weight is 342 g/mol. The van der Waals surface area contributed by atoms with E-state index < -0.39 is 17.1 Å². The predicted molar refractivity (Wildman–Crippen MR) is 96.0 cm³/mol. The van der Waals surface area contributed by atoms with Crippen LogP contribution < -0.4 is 11.2 Å². The summed E-state index contributed by atoms with van der Waals surface area (Å²) in [5, 5.41) is 0. The summed E-state index contributed by atoms with van der Waals surface area (Å²) in [7, 11) is 1.58. The van der Waals surface area contributed by atoms with Gasteiger partial charge in [-0.2, -0.15) is 0 Å². The molecule has 0 saturated carbocycles. The fourth-order valence-electron chi connectivity index (χ4n) is 2.90. The Morgan fingerprint density at radius 3 is 2.36 bits per heavy atom. The number of benzene rings is 1. The summed E-state index contributed by atoms with van der Waals surface area (Å²) >= 11 is 0. The minimum absolute atomic E-state index is 0.0198. The molecule has 2 aromatic heterocycles. The molecule has 0 saturated heterocycles. The van der Waals surface area contributed by atoms with Gasteiger partial charge >= 0.3 is 5.69 Å². The molecule has 130 valence electrons. The largest absolute Gasteiger partial charge is 0.332 e. The summed E-state index contributed by atoms with van der Waals surface area (Å²) in [6, 6.07) is 9.01. The lowest BCUT2D eigenvalue weighted by Crippen LogP contribution is -2.39. The van der Waals surface area contributed by atoms with Crippen LogP contribution in [-0.2, 0) is 20.1 Å². The maximum Gasteiger partial charge on any atom is 0.332 e. The van der Waals surface area contributed by atoms with E-state index in [1.807, 2.05) is 18.2 Å². The third-order valence-corrected chi connectivity index (χ3v) is 4.18. The summed E-state index contributed by atoms with van der Waals surface area (Å²) in [6.45, 7) is 4.10. The zero-order chi connectivity index (χ0) is 18.1. The highest BCUT2D eigenvalue weighted by Gasteiger charge is 2.20. The van der Waals surface area contributed by atoms with Gasteiger partial charge in [0.05, 0.1) is 0 Å². The van der Waals surface area contributed by atoms with Gasteiger partial charge in [-0.1, -0.05) is 30.3 Å². The molecular formula is C18H19FN4O2. The summed E-state index contributed by atoms with van der Waals surface area (Å²) in [5.74, 6) is -0.547. The molecule has 0 bridgehead atoms. The van der Waals surface area contributed by atoms with E-state index in [4.69, 9.17) is 0 Å². The molecule has 0 fully saturated rings. The Hall–Kier alpha value is -2.96. The van der Waals surface area contributed by atoms with Crippen molar-refractivity contribution in [3.05, 3.63) is 62.6 Å². The Morgan fingerprint density at radius 2 is 1.76 bits per heavy atom.